The zero-order valence-corrected chi connectivity index (χ0v) is 13.1. The van der Waals surface area contributed by atoms with Gasteiger partial charge >= 0.3 is 0 Å². The van der Waals surface area contributed by atoms with Crippen molar-refractivity contribution in [2.24, 2.45) is 5.41 Å². The van der Waals surface area contributed by atoms with Gasteiger partial charge in [0.2, 0.25) is 5.91 Å². The Balaban J connectivity index is 2.49. The third-order valence-corrected chi connectivity index (χ3v) is 3.63. The second-order valence-corrected chi connectivity index (χ2v) is 6.37. The highest BCUT2D eigenvalue weighted by molar-refractivity contribution is 5.79. The Morgan fingerprint density at radius 3 is 2.65 bits per heavy atom. The van der Waals surface area contributed by atoms with E-state index in [1.807, 2.05) is 13.8 Å². The minimum absolute atomic E-state index is 0.0278. The van der Waals surface area contributed by atoms with E-state index in [1.54, 1.807) is 0 Å². The lowest BCUT2D eigenvalue weighted by atomic mass is 9.88. The highest BCUT2D eigenvalue weighted by Gasteiger charge is 2.18. The number of hydrogen-bond donors (Lipinski definition) is 2. The molecule has 1 amide bonds. The Hall–Kier alpha value is -1.35. The third kappa shape index (κ3) is 5.74. The molecule has 112 valence electrons. The average Bonchev–Trinajstić information content (AvgIpc) is 2.39. The van der Waals surface area contributed by atoms with Crippen molar-refractivity contribution < 1.29 is 9.90 Å². The van der Waals surface area contributed by atoms with E-state index in [2.05, 4.69) is 37.4 Å². The van der Waals surface area contributed by atoms with Gasteiger partial charge in [0.1, 0.15) is 0 Å². The van der Waals surface area contributed by atoms with Crippen LogP contribution in [0.4, 0.5) is 0 Å². The van der Waals surface area contributed by atoms with Gasteiger partial charge in [0, 0.05) is 13.2 Å². The summed E-state index contributed by atoms with van der Waals surface area (Å²) >= 11 is 0. The highest BCUT2D eigenvalue weighted by atomic mass is 16.2. The first-order valence-electron chi connectivity index (χ1n) is 7.28. The SMILES string of the molecule is Cc1ccc(C)c(CC(=O)NCC(C)(C)CCCO)c1. The Bertz CT molecular complexity index is 452. The van der Waals surface area contributed by atoms with E-state index in [0.29, 0.717) is 13.0 Å². The quantitative estimate of drug-likeness (QED) is 0.805. The molecule has 0 radical (unpaired) electrons. The molecule has 0 saturated carbocycles. The van der Waals surface area contributed by atoms with Gasteiger partial charge in [-0.15, -0.1) is 0 Å². The van der Waals surface area contributed by atoms with Gasteiger partial charge in [0.05, 0.1) is 6.42 Å². The van der Waals surface area contributed by atoms with Gasteiger partial charge < -0.3 is 10.4 Å². The van der Waals surface area contributed by atoms with E-state index in [-0.39, 0.29) is 17.9 Å². The molecule has 3 heteroatoms. The first-order chi connectivity index (χ1) is 9.34. The van der Waals surface area contributed by atoms with E-state index < -0.39 is 0 Å². The molecule has 0 aromatic heterocycles. The molecule has 3 nitrogen and oxygen atoms in total. The minimum atomic E-state index is 0.0278. The zero-order chi connectivity index (χ0) is 15.2. The number of amides is 1. The van der Waals surface area contributed by atoms with Gasteiger partial charge in [0.15, 0.2) is 0 Å². The van der Waals surface area contributed by atoms with Crippen molar-refractivity contribution >= 4 is 5.91 Å². The molecule has 1 aromatic carbocycles. The van der Waals surface area contributed by atoms with E-state index in [9.17, 15) is 4.79 Å². The van der Waals surface area contributed by atoms with E-state index in [4.69, 9.17) is 5.11 Å². The number of carbonyl (C=O) groups excluding carboxylic acids is 1. The normalized spacial score (nSPS) is 11.4. The largest absolute Gasteiger partial charge is 0.396 e. The third-order valence-electron chi connectivity index (χ3n) is 3.63. The predicted molar refractivity (Wildman–Crippen MR) is 82.7 cm³/mol. The van der Waals surface area contributed by atoms with Crippen LogP contribution < -0.4 is 5.32 Å². The Kier molecular flexibility index (Phi) is 6.21. The van der Waals surface area contributed by atoms with Crippen LogP contribution in [0, 0.1) is 19.3 Å². The van der Waals surface area contributed by atoms with Crippen molar-refractivity contribution in [2.75, 3.05) is 13.2 Å². The number of aliphatic hydroxyl groups excluding tert-OH is 1. The summed E-state index contributed by atoms with van der Waals surface area (Å²) in [5.41, 5.74) is 3.46. The van der Waals surface area contributed by atoms with Crippen LogP contribution in [-0.4, -0.2) is 24.2 Å². The molecule has 0 fully saturated rings. The van der Waals surface area contributed by atoms with Crippen LogP contribution >= 0.6 is 0 Å². The summed E-state index contributed by atoms with van der Waals surface area (Å²) in [5.74, 6) is 0.0655. The van der Waals surface area contributed by atoms with Gasteiger partial charge in [-0.3, -0.25) is 4.79 Å². The van der Waals surface area contributed by atoms with Gasteiger partial charge in [-0.25, -0.2) is 0 Å². The fraction of sp³-hybridized carbons (Fsp3) is 0.588. The minimum Gasteiger partial charge on any atom is -0.396 e. The predicted octanol–water partition coefficient (Wildman–Crippen LogP) is 2.76. The second kappa shape index (κ2) is 7.44. The van der Waals surface area contributed by atoms with Gasteiger partial charge in [-0.1, -0.05) is 37.6 Å². The number of aliphatic hydroxyl groups is 1. The maximum atomic E-state index is 12.0. The number of nitrogens with one attached hydrogen (secondary N) is 1. The number of aryl methyl sites for hydroxylation is 2. The molecule has 0 spiro atoms. The van der Waals surface area contributed by atoms with Crippen LogP contribution in [0.2, 0.25) is 0 Å². The molecule has 0 aliphatic heterocycles. The molecular formula is C17H27NO2. The lowest BCUT2D eigenvalue weighted by Gasteiger charge is -2.24. The molecule has 0 aliphatic rings. The smallest absolute Gasteiger partial charge is 0.224 e. The summed E-state index contributed by atoms with van der Waals surface area (Å²) in [7, 11) is 0. The molecule has 0 bridgehead atoms. The lowest BCUT2D eigenvalue weighted by Crippen LogP contribution is -2.35. The Labute approximate surface area is 122 Å². The topological polar surface area (TPSA) is 49.3 Å². The summed E-state index contributed by atoms with van der Waals surface area (Å²) in [6, 6.07) is 6.20. The number of hydrogen-bond acceptors (Lipinski definition) is 2. The Morgan fingerprint density at radius 2 is 2.00 bits per heavy atom. The first-order valence-corrected chi connectivity index (χ1v) is 7.28. The first kappa shape index (κ1) is 16.7. The molecule has 1 rings (SSSR count). The molecule has 0 heterocycles. The summed E-state index contributed by atoms with van der Waals surface area (Å²) in [6.45, 7) is 9.16. The maximum absolute atomic E-state index is 12.0. The maximum Gasteiger partial charge on any atom is 0.224 e. The standard InChI is InChI=1S/C17H27NO2/c1-13-6-7-14(2)15(10-13)11-16(20)18-12-17(3,4)8-5-9-19/h6-7,10,19H,5,8-9,11-12H2,1-4H3,(H,18,20). The van der Waals surface area contributed by atoms with Crippen LogP contribution in [0.15, 0.2) is 18.2 Å². The second-order valence-electron chi connectivity index (χ2n) is 6.37. The van der Waals surface area contributed by atoms with Gasteiger partial charge in [0.25, 0.3) is 0 Å². The van der Waals surface area contributed by atoms with Crippen molar-refractivity contribution in [1.82, 2.24) is 5.32 Å². The van der Waals surface area contributed by atoms with E-state index >= 15 is 0 Å². The Morgan fingerprint density at radius 1 is 1.30 bits per heavy atom. The van der Waals surface area contributed by atoms with E-state index in [1.165, 1.54) is 5.56 Å². The average molecular weight is 277 g/mol. The summed E-state index contributed by atoms with van der Waals surface area (Å²) < 4.78 is 0. The monoisotopic (exact) mass is 277 g/mol. The molecular weight excluding hydrogens is 250 g/mol. The van der Waals surface area contributed by atoms with Crippen LogP contribution in [0.1, 0.15) is 43.4 Å². The summed E-state index contributed by atoms with van der Waals surface area (Å²) in [5, 5.41) is 11.9. The van der Waals surface area contributed by atoms with Crippen LogP contribution in [0.25, 0.3) is 0 Å². The van der Waals surface area contributed by atoms with Crippen molar-refractivity contribution in [3.05, 3.63) is 34.9 Å². The van der Waals surface area contributed by atoms with Crippen LogP contribution in [-0.2, 0) is 11.2 Å². The highest BCUT2D eigenvalue weighted by Crippen LogP contribution is 2.20. The summed E-state index contributed by atoms with van der Waals surface area (Å²) in [6.07, 6.45) is 2.12. The van der Waals surface area contributed by atoms with Crippen molar-refractivity contribution in [3.8, 4) is 0 Å². The lowest BCUT2D eigenvalue weighted by molar-refractivity contribution is -0.120. The molecule has 1 aromatic rings. The fourth-order valence-electron chi connectivity index (χ4n) is 2.21. The molecule has 0 unspecified atom stereocenters. The van der Waals surface area contributed by atoms with Crippen molar-refractivity contribution in [3.63, 3.8) is 0 Å². The molecule has 0 aliphatic carbocycles. The summed E-state index contributed by atoms with van der Waals surface area (Å²) in [4.78, 5) is 12.0. The van der Waals surface area contributed by atoms with E-state index in [0.717, 1.165) is 24.0 Å². The molecule has 0 saturated heterocycles. The zero-order valence-electron chi connectivity index (χ0n) is 13.1. The fourth-order valence-corrected chi connectivity index (χ4v) is 2.21. The number of benzene rings is 1. The van der Waals surface area contributed by atoms with Gasteiger partial charge in [-0.05, 0) is 43.2 Å². The van der Waals surface area contributed by atoms with Crippen molar-refractivity contribution in [1.29, 1.82) is 0 Å². The van der Waals surface area contributed by atoms with Crippen molar-refractivity contribution in [2.45, 2.75) is 47.0 Å². The van der Waals surface area contributed by atoms with Gasteiger partial charge in [-0.2, -0.15) is 0 Å². The van der Waals surface area contributed by atoms with Crippen LogP contribution in [0.3, 0.4) is 0 Å². The molecule has 0 atom stereocenters. The number of carbonyl (C=O) groups is 1. The molecule has 2 N–H and O–H groups in total. The number of rotatable bonds is 7. The molecule has 20 heavy (non-hydrogen) atoms. The van der Waals surface area contributed by atoms with Crippen LogP contribution in [0.5, 0.6) is 0 Å².